The maximum absolute atomic E-state index is 13.8. The summed E-state index contributed by atoms with van der Waals surface area (Å²) < 4.78 is 31.9. The number of para-hydroxylation sites is 1. The number of amides is 2. The molecule has 0 spiro atoms. The number of carbonyl (C=O) groups is 3. The van der Waals surface area contributed by atoms with Crippen molar-refractivity contribution in [1.29, 1.82) is 0 Å². The van der Waals surface area contributed by atoms with Crippen LogP contribution in [0.15, 0.2) is 48.5 Å². The van der Waals surface area contributed by atoms with E-state index in [1.54, 1.807) is 6.07 Å². The van der Waals surface area contributed by atoms with E-state index in [0.717, 1.165) is 6.07 Å². The smallest absolute Gasteiger partial charge is 0.311 e. The summed E-state index contributed by atoms with van der Waals surface area (Å²) in [6.45, 7) is -0.593. The highest BCUT2D eigenvalue weighted by Gasteiger charge is 2.37. The van der Waals surface area contributed by atoms with Gasteiger partial charge in [0.15, 0.2) is 6.61 Å². The van der Waals surface area contributed by atoms with Gasteiger partial charge in [0, 0.05) is 18.7 Å². The molecule has 1 saturated heterocycles. The molecule has 2 aromatic carbocycles. The number of esters is 1. The number of anilines is 2. The molecule has 1 N–H and O–H groups in total. The van der Waals surface area contributed by atoms with E-state index in [1.165, 1.54) is 41.3 Å². The first-order valence-corrected chi connectivity index (χ1v) is 8.21. The highest BCUT2D eigenvalue weighted by Crippen LogP contribution is 2.27. The highest BCUT2D eigenvalue weighted by molar-refractivity contribution is 6.00. The summed E-state index contributed by atoms with van der Waals surface area (Å²) in [5.41, 5.74) is 0.333. The Kier molecular flexibility index (Phi) is 5.44. The second-order valence-electron chi connectivity index (χ2n) is 6.02. The van der Waals surface area contributed by atoms with Gasteiger partial charge in [-0.2, -0.15) is 0 Å². The van der Waals surface area contributed by atoms with Crippen LogP contribution in [0.5, 0.6) is 0 Å². The average Bonchev–Trinajstić information content (AvgIpc) is 3.02. The lowest BCUT2D eigenvalue weighted by Gasteiger charge is -2.17. The van der Waals surface area contributed by atoms with Crippen LogP contribution in [-0.2, 0) is 19.1 Å². The maximum Gasteiger partial charge on any atom is 0.311 e. The molecule has 1 aliphatic heterocycles. The molecule has 140 valence electrons. The number of rotatable bonds is 5. The molecule has 1 fully saturated rings. The van der Waals surface area contributed by atoms with Gasteiger partial charge < -0.3 is 15.0 Å². The predicted octanol–water partition coefficient (Wildman–Crippen LogP) is 2.50. The molecule has 0 saturated carbocycles. The average molecular weight is 374 g/mol. The number of nitrogens with one attached hydrogen (secondary N) is 1. The van der Waals surface area contributed by atoms with Crippen LogP contribution >= 0.6 is 0 Å². The molecule has 0 radical (unpaired) electrons. The van der Waals surface area contributed by atoms with Crippen molar-refractivity contribution in [2.24, 2.45) is 5.92 Å². The standard InChI is InChI=1S/C19H16F2N2O4/c20-13-4-3-5-14(9-13)22-17(24)11-27-19(26)12-8-18(25)23(10-12)16-7-2-1-6-15(16)21/h1-7,9,12H,8,10-11H2,(H,22,24)/t12-/m0/s1. The van der Waals surface area contributed by atoms with Crippen molar-refractivity contribution in [3.63, 3.8) is 0 Å². The normalized spacial score (nSPS) is 16.3. The van der Waals surface area contributed by atoms with E-state index < -0.39 is 41.9 Å². The van der Waals surface area contributed by atoms with E-state index in [4.69, 9.17) is 4.74 Å². The van der Waals surface area contributed by atoms with Gasteiger partial charge in [0.05, 0.1) is 11.6 Å². The minimum atomic E-state index is -0.793. The van der Waals surface area contributed by atoms with Crippen molar-refractivity contribution in [2.45, 2.75) is 6.42 Å². The van der Waals surface area contributed by atoms with Crippen molar-refractivity contribution >= 4 is 29.2 Å². The number of hydrogen-bond acceptors (Lipinski definition) is 4. The Labute approximate surface area is 153 Å². The molecule has 2 aromatic rings. The van der Waals surface area contributed by atoms with Crippen molar-refractivity contribution < 1.29 is 27.9 Å². The van der Waals surface area contributed by atoms with E-state index >= 15 is 0 Å². The Balaban J connectivity index is 1.53. The summed E-state index contributed by atoms with van der Waals surface area (Å²) in [6.07, 6.45) is -0.126. The molecule has 1 atom stereocenters. The second kappa shape index (κ2) is 7.94. The Bertz CT molecular complexity index is 888. The van der Waals surface area contributed by atoms with Crippen LogP contribution in [0.3, 0.4) is 0 Å². The number of hydrogen-bond donors (Lipinski definition) is 1. The van der Waals surface area contributed by atoms with Crippen LogP contribution < -0.4 is 10.2 Å². The minimum absolute atomic E-state index is 0.0237. The van der Waals surface area contributed by atoms with Crippen molar-refractivity contribution in [3.05, 3.63) is 60.2 Å². The Morgan fingerprint density at radius 2 is 1.93 bits per heavy atom. The number of halogens is 2. The molecule has 1 heterocycles. The van der Waals surface area contributed by atoms with E-state index in [2.05, 4.69) is 5.32 Å². The SMILES string of the molecule is O=C(COC(=O)[C@H]1CC(=O)N(c2ccccc2F)C1)Nc1cccc(F)c1. The van der Waals surface area contributed by atoms with Crippen LogP contribution in [0.1, 0.15) is 6.42 Å². The van der Waals surface area contributed by atoms with E-state index in [0.29, 0.717) is 0 Å². The van der Waals surface area contributed by atoms with E-state index in [9.17, 15) is 23.2 Å². The number of ether oxygens (including phenoxy) is 1. The summed E-state index contributed by atoms with van der Waals surface area (Å²) in [4.78, 5) is 37.2. The fourth-order valence-electron chi connectivity index (χ4n) is 2.79. The Morgan fingerprint density at radius 1 is 1.15 bits per heavy atom. The lowest BCUT2D eigenvalue weighted by Crippen LogP contribution is -2.28. The van der Waals surface area contributed by atoms with Crippen LogP contribution in [-0.4, -0.2) is 30.9 Å². The Morgan fingerprint density at radius 3 is 2.67 bits per heavy atom. The lowest BCUT2D eigenvalue weighted by molar-refractivity contribution is -0.151. The van der Waals surface area contributed by atoms with Crippen molar-refractivity contribution in [2.75, 3.05) is 23.4 Å². The quantitative estimate of drug-likeness (QED) is 0.816. The molecule has 0 aromatic heterocycles. The van der Waals surface area contributed by atoms with Gasteiger partial charge in [-0.1, -0.05) is 18.2 Å². The monoisotopic (exact) mass is 374 g/mol. The van der Waals surface area contributed by atoms with Crippen LogP contribution in [0.25, 0.3) is 0 Å². The summed E-state index contributed by atoms with van der Waals surface area (Å²) in [7, 11) is 0. The Hall–Kier alpha value is -3.29. The minimum Gasteiger partial charge on any atom is -0.455 e. The fraction of sp³-hybridized carbons (Fsp3) is 0.211. The molecular formula is C19H16F2N2O4. The van der Waals surface area contributed by atoms with Gasteiger partial charge >= 0.3 is 5.97 Å². The molecule has 3 rings (SSSR count). The van der Waals surface area contributed by atoms with Crippen LogP contribution in [0, 0.1) is 17.6 Å². The van der Waals surface area contributed by atoms with Gasteiger partial charge in [-0.3, -0.25) is 14.4 Å². The first kappa shape index (κ1) is 18.5. The van der Waals surface area contributed by atoms with Crippen LogP contribution in [0.2, 0.25) is 0 Å². The number of benzene rings is 2. The molecule has 27 heavy (non-hydrogen) atoms. The molecular weight excluding hydrogens is 358 g/mol. The highest BCUT2D eigenvalue weighted by atomic mass is 19.1. The zero-order valence-corrected chi connectivity index (χ0v) is 14.2. The first-order valence-electron chi connectivity index (χ1n) is 8.21. The van der Waals surface area contributed by atoms with Gasteiger partial charge in [-0.25, -0.2) is 8.78 Å². The summed E-state index contributed by atoms with van der Waals surface area (Å²) in [5.74, 6) is -3.62. The molecule has 6 nitrogen and oxygen atoms in total. The molecule has 2 amide bonds. The molecule has 0 aliphatic carbocycles. The second-order valence-corrected chi connectivity index (χ2v) is 6.02. The summed E-state index contributed by atoms with van der Waals surface area (Å²) in [5, 5.41) is 2.40. The number of nitrogens with zero attached hydrogens (tertiary/aromatic N) is 1. The fourth-order valence-corrected chi connectivity index (χ4v) is 2.79. The van der Waals surface area contributed by atoms with Gasteiger partial charge in [-0.05, 0) is 30.3 Å². The first-order chi connectivity index (χ1) is 12.9. The van der Waals surface area contributed by atoms with Gasteiger partial charge in [-0.15, -0.1) is 0 Å². The van der Waals surface area contributed by atoms with Gasteiger partial charge in [0.2, 0.25) is 5.91 Å². The number of carbonyl (C=O) groups excluding carboxylic acids is 3. The van der Waals surface area contributed by atoms with Crippen LogP contribution in [0.4, 0.5) is 20.2 Å². The molecule has 0 unspecified atom stereocenters. The summed E-state index contributed by atoms with van der Waals surface area (Å²) >= 11 is 0. The maximum atomic E-state index is 13.8. The lowest BCUT2D eigenvalue weighted by atomic mass is 10.1. The van der Waals surface area contributed by atoms with E-state index in [-0.39, 0.29) is 24.3 Å². The summed E-state index contributed by atoms with van der Waals surface area (Å²) in [6, 6.07) is 11.0. The van der Waals surface area contributed by atoms with Crippen molar-refractivity contribution in [3.8, 4) is 0 Å². The third-order valence-electron chi connectivity index (χ3n) is 4.06. The zero-order chi connectivity index (χ0) is 19.4. The molecule has 0 bridgehead atoms. The van der Waals surface area contributed by atoms with Crippen molar-refractivity contribution in [1.82, 2.24) is 0 Å². The van der Waals surface area contributed by atoms with Gasteiger partial charge in [0.1, 0.15) is 11.6 Å². The zero-order valence-electron chi connectivity index (χ0n) is 14.2. The largest absolute Gasteiger partial charge is 0.455 e. The molecule has 8 heteroatoms. The van der Waals surface area contributed by atoms with Gasteiger partial charge in [0.25, 0.3) is 5.91 Å². The van der Waals surface area contributed by atoms with E-state index in [1.807, 2.05) is 0 Å². The third-order valence-corrected chi connectivity index (χ3v) is 4.06. The molecule has 1 aliphatic rings. The third kappa shape index (κ3) is 4.46. The predicted molar refractivity (Wildman–Crippen MR) is 92.8 cm³/mol. The topological polar surface area (TPSA) is 75.7 Å².